The van der Waals surface area contributed by atoms with Gasteiger partial charge in [0.05, 0.1) is 10.9 Å². The predicted octanol–water partition coefficient (Wildman–Crippen LogP) is 2.42. The minimum atomic E-state index is -0.0491. The highest BCUT2D eigenvalue weighted by Gasteiger charge is 2.24. The summed E-state index contributed by atoms with van der Waals surface area (Å²) in [5.41, 5.74) is 1.33. The fourth-order valence-corrected chi connectivity index (χ4v) is 2.44. The average Bonchev–Trinajstić information content (AvgIpc) is 2.50. The van der Waals surface area contributed by atoms with Gasteiger partial charge in [-0.05, 0) is 43.2 Å². The molecule has 0 amide bonds. The maximum atomic E-state index is 4.78. The number of fused-ring (bicyclic) bond motifs is 3. The Morgan fingerprint density at radius 2 is 1.75 bits per heavy atom. The molecule has 0 spiro atoms. The molecule has 0 saturated carbocycles. The van der Waals surface area contributed by atoms with Crippen molar-refractivity contribution in [1.82, 2.24) is 0 Å². The van der Waals surface area contributed by atoms with Gasteiger partial charge in [-0.1, -0.05) is 30.3 Å². The van der Waals surface area contributed by atoms with Crippen molar-refractivity contribution in [2.75, 3.05) is 0 Å². The molecule has 0 saturated heterocycles. The van der Waals surface area contributed by atoms with Gasteiger partial charge < -0.3 is 0 Å². The summed E-state index contributed by atoms with van der Waals surface area (Å²) in [6.45, 7) is 6.55. The van der Waals surface area contributed by atoms with Crippen LogP contribution < -0.4 is 10.6 Å². The first-order valence-corrected chi connectivity index (χ1v) is 5.69. The van der Waals surface area contributed by atoms with E-state index in [4.69, 9.17) is 4.99 Å². The highest BCUT2D eigenvalue weighted by atomic mass is 14.9. The molecule has 1 nitrogen and oxygen atoms in total. The van der Waals surface area contributed by atoms with Crippen LogP contribution in [0.25, 0.3) is 16.3 Å². The molecule has 1 aliphatic rings. The second-order valence-corrected chi connectivity index (χ2v) is 4.98. The average molecular weight is 209 g/mol. The molecule has 80 valence electrons. The van der Waals surface area contributed by atoms with Crippen LogP contribution in [0.2, 0.25) is 0 Å². The van der Waals surface area contributed by atoms with Crippen LogP contribution >= 0.6 is 0 Å². The zero-order valence-electron chi connectivity index (χ0n) is 9.91. The summed E-state index contributed by atoms with van der Waals surface area (Å²) in [6.07, 6.45) is 0. The second-order valence-electron chi connectivity index (χ2n) is 4.98. The predicted molar refractivity (Wildman–Crippen MR) is 67.9 cm³/mol. The van der Waals surface area contributed by atoms with Gasteiger partial charge in [-0.25, -0.2) is 0 Å². The number of benzene rings is 2. The van der Waals surface area contributed by atoms with Crippen LogP contribution in [0.4, 0.5) is 0 Å². The van der Waals surface area contributed by atoms with Crippen molar-refractivity contribution in [2.24, 2.45) is 4.99 Å². The zero-order chi connectivity index (χ0) is 11.3. The zero-order valence-corrected chi connectivity index (χ0v) is 9.91. The third-order valence-corrected chi connectivity index (χ3v) is 3.60. The van der Waals surface area contributed by atoms with Crippen LogP contribution in [0.5, 0.6) is 0 Å². The number of hydrogen-bond acceptors (Lipinski definition) is 1. The number of rotatable bonds is 0. The molecule has 1 heteroatoms. The monoisotopic (exact) mass is 209 g/mol. The quantitative estimate of drug-likeness (QED) is 0.632. The van der Waals surface area contributed by atoms with Crippen molar-refractivity contribution in [3.63, 3.8) is 0 Å². The normalized spacial score (nSPS) is 17.3. The molecule has 3 rings (SSSR count). The molecule has 2 aromatic carbocycles. The minimum absolute atomic E-state index is 0.0491. The van der Waals surface area contributed by atoms with Crippen LogP contribution in [0.1, 0.15) is 20.8 Å². The molecular formula is C15H15N. The Balaban J connectivity index is 2.62. The Morgan fingerprint density at radius 3 is 2.56 bits per heavy atom. The molecule has 2 aromatic rings. The van der Waals surface area contributed by atoms with Crippen LogP contribution in [-0.2, 0) is 0 Å². The summed E-state index contributed by atoms with van der Waals surface area (Å²) in [6, 6.07) is 12.8. The summed E-state index contributed by atoms with van der Waals surface area (Å²) < 4.78 is 0. The molecule has 0 aliphatic carbocycles. The highest BCUT2D eigenvalue weighted by Crippen LogP contribution is 2.23. The van der Waals surface area contributed by atoms with E-state index in [-0.39, 0.29) is 5.54 Å². The second kappa shape index (κ2) is 2.94. The van der Waals surface area contributed by atoms with Crippen molar-refractivity contribution >= 4 is 16.3 Å². The van der Waals surface area contributed by atoms with Gasteiger partial charge in [-0.15, -0.1) is 0 Å². The fraction of sp³-hybridized carbons (Fsp3) is 0.267. The van der Waals surface area contributed by atoms with Crippen LogP contribution in [-0.4, -0.2) is 5.54 Å². The van der Waals surface area contributed by atoms with Gasteiger partial charge in [0.15, 0.2) is 0 Å². The highest BCUT2D eigenvalue weighted by molar-refractivity contribution is 5.85. The third-order valence-electron chi connectivity index (χ3n) is 3.60. The van der Waals surface area contributed by atoms with E-state index in [1.807, 2.05) is 0 Å². The van der Waals surface area contributed by atoms with Gasteiger partial charge in [0, 0.05) is 5.22 Å². The molecule has 1 aliphatic heterocycles. The molecule has 0 atom stereocenters. The van der Waals surface area contributed by atoms with E-state index in [0.717, 1.165) is 5.36 Å². The summed E-state index contributed by atoms with van der Waals surface area (Å²) >= 11 is 0. The SMILES string of the molecule is CC1=c2c(ccc3ccccc23)=NC1(C)C. The fourth-order valence-electron chi connectivity index (χ4n) is 2.44. The Kier molecular flexibility index (Phi) is 1.76. The molecule has 0 unspecified atom stereocenters. The maximum absolute atomic E-state index is 4.78. The van der Waals surface area contributed by atoms with Crippen molar-refractivity contribution in [1.29, 1.82) is 0 Å². The first-order valence-electron chi connectivity index (χ1n) is 5.69. The lowest BCUT2D eigenvalue weighted by atomic mass is 9.95. The molecule has 0 aromatic heterocycles. The van der Waals surface area contributed by atoms with Gasteiger partial charge in [0.1, 0.15) is 0 Å². The van der Waals surface area contributed by atoms with E-state index >= 15 is 0 Å². The van der Waals surface area contributed by atoms with Crippen molar-refractivity contribution in [2.45, 2.75) is 26.3 Å². The Bertz CT molecular complexity index is 693. The van der Waals surface area contributed by atoms with E-state index in [9.17, 15) is 0 Å². The largest absolute Gasteiger partial charge is 0.274 e. The van der Waals surface area contributed by atoms with Crippen LogP contribution in [0.3, 0.4) is 0 Å². The van der Waals surface area contributed by atoms with E-state index in [0.29, 0.717) is 0 Å². The standard InChI is InChI=1S/C15H15N/c1-10-14-12-7-5-4-6-11(12)8-9-13(14)16-15(10,2)3/h4-9H,1-3H3. The van der Waals surface area contributed by atoms with Crippen molar-refractivity contribution in [3.8, 4) is 0 Å². The summed E-state index contributed by atoms with van der Waals surface area (Å²) in [4.78, 5) is 4.78. The molecule has 0 N–H and O–H groups in total. The molecule has 0 fully saturated rings. The summed E-state index contributed by atoms with van der Waals surface area (Å²) in [5, 5.41) is 5.10. The molecular weight excluding hydrogens is 194 g/mol. The lowest BCUT2D eigenvalue weighted by Gasteiger charge is -2.15. The summed E-state index contributed by atoms with van der Waals surface area (Å²) in [5.74, 6) is 0. The van der Waals surface area contributed by atoms with Gasteiger partial charge in [-0.2, -0.15) is 0 Å². The summed E-state index contributed by atoms with van der Waals surface area (Å²) in [7, 11) is 0. The van der Waals surface area contributed by atoms with E-state index in [2.05, 4.69) is 57.2 Å². The van der Waals surface area contributed by atoms with Crippen molar-refractivity contribution in [3.05, 3.63) is 47.0 Å². The third kappa shape index (κ3) is 1.15. The maximum Gasteiger partial charge on any atom is 0.0775 e. The first kappa shape index (κ1) is 9.59. The van der Waals surface area contributed by atoms with Gasteiger partial charge in [0.25, 0.3) is 0 Å². The first-order chi connectivity index (χ1) is 7.59. The van der Waals surface area contributed by atoms with Gasteiger partial charge in [0.2, 0.25) is 0 Å². The van der Waals surface area contributed by atoms with Gasteiger partial charge in [-0.3, -0.25) is 4.99 Å². The Labute approximate surface area is 95.1 Å². The van der Waals surface area contributed by atoms with E-state index in [1.54, 1.807) is 0 Å². The Morgan fingerprint density at radius 1 is 1.00 bits per heavy atom. The Hall–Kier alpha value is -1.63. The molecule has 0 bridgehead atoms. The topological polar surface area (TPSA) is 12.4 Å². The minimum Gasteiger partial charge on any atom is -0.274 e. The van der Waals surface area contributed by atoms with E-state index in [1.165, 1.54) is 21.6 Å². The van der Waals surface area contributed by atoms with Gasteiger partial charge >= 0.3 is 0 Å². The van der Waals surface area contributed by atoms with Crippen molar-refractivity contribution < 1.29 is 0 Å². The molecule has 16 heavy (non-hydrogen) atoms. The number of hydrogen-bond donors (Lipinski definition) is 0. The number of nitrogens with zero attached hydrogens (tertiary/aromatic N) is 1. The van der Waals surface area contributed by atoms with Crippen LogP contribution in [0, 0.1) is 0 Å². The lowest BCUT2D eigenvalue weighted by molar-refractivity contribution is 0.667. The lowest BCUT2D eigenvalue weighted by Crippen LogP contribution is -2.23. The van der Waals surface area contributed by atoms with Crippen LogP contribution in [0.15, 0.2) is 41.4 Å². The van der Waals surface area contributed by atoms with E-state index < -0.39 is 0 Å². The molecule has 1 heterocycles. The smallest absolute Gasteiger partial charge is 0.0775 e. The molecule has 0 radical (unpaired) electrons.